The maximum absolute atomic E-state index is 10.2. The molecule has 0 heterocycles. The summed E-state index contributed by atoms with van der Waals surface area (Å²) in [5, 5.41) is 10.2. The Morgan fingerprint density at radius 3 is 2.12 bits per heavy atom. The lowest BCUT2D eigenvalue weighted by molar-refractivity contribution is 0.154. The molecule has 3 N–H and O–H groups in total. The van der Waals surface area contributed by atoms with E-state index in [0.29, 0.717) is 0 Å². The molecule has 3 atom stereocenters. The second kappa shape index (κ2) is 3.99. The van der Waals surface area contributed by atoms with Crippen molar-refractivity contribution in [3.05, 3.63) is 71.3 Å². The minimum atomic E-state index is -0.559. The Bertz CT molecular complexity index is 523. The van der Waals surface area contributed by atoms with Crippen molar-refractivity contribution < 1.29 is 5.11 Å². The molecule has 2 aromatic carbocycles. The monoisotopic (exact) mass is 225 g/mol. The minimum absolute atomic E-state index is 0.0994. The van der Waals surface area contributed by atoms with Crippen LogP contribution in [0.3, 0.4) is 0 Å². The summed E-state index contributed by atoms with van der Waals surface area (Å²) in [6, 6.07) is 17.9. The van der Waals surface area contributed by atoms with Gasteiger partial charge in [0.05, 0.1) is 6.10 Å². The predicted molar refractivity (Wildman–Crippen MR) is 67.7 cm³/mol. The zero-order chi connectivity index (χ0) is 11.8. The third-order valence-electron chi connectivity index (χ3n) is 3.56. The number of hydrogen-bond acceptors (Lipinski definition) is 2. The van der Waals surface area contributed by atoms with Crippen LogP contribution in [-0.2, 0) is 0 Å². The lowest BCUT2D eigenvalue weighted by atomic mass is 9.90. The van der Waals surface area contributed by atoms with Crippen molar-refractivity contribution >= 4 is 0 Å². The number of nitrogens with two attached hydrogens (primary N) is 1. The third kappa shape index (κ3) is 1.57. The molecule has 0 saturated carbocycles. The first-order valence-electron chi connectivity index (χ1n) is 5.86. The van der Waals surface area contributed by atoms with E-state index in [1.54, 1.807) is 0 Å². The van der Waals surface area contributed by atoms with Gasteiger partial charge in [-0.05, 0) is 16.7 Å². The van der Waals surface area contributed by atoms with E-state index < -0.39 is 6.10 Å². The molecule has 0 fully saturated rings. The maximum atomic E-state index is 10.2. The summed E-state index contributed by atoms with van der Waals surface area (Å²) in [5.74, 6) is 0.0994. The summed E-state index contributed by atoms with van der Waals surface area (Å²) in [5.41, 5.74) is 9.44. The van der Waals surface area contributed by atoms with Crippen LogP contribution in [0.5, 0.6) is 0 Å². The van der Waals surface area contributed by atoms with E-state index >= 15 is 0 Å². The number of aliphatic hydroxyl groups excluding tert-OH is 1. The van der Waals surface area contributed by atoms with Gasteiger partial charge in [-0.1, -0.05) is 54.6 Å². The van der Waals surface area contributed by atoms with Gasteiger partial charge in [0.25, 0.3) is 0 Å². The van der Waals surface area contributed by atoms with Crippen LogP contribution in [0.15, 0.2) is 54.6 Å². The van der Waals surface area contributed by atoms with Gasteiger partial charge < -0.3 is 10.8 Å². The molecule has 0 aliphatic heterocycles. The summed E-state index contributed by atoms with van der Waals surface area (Å²) >= 11 is 0. The first-order valence-corrected chi connectivity index (χ1v) is 5.86. The first kappa shape index (κ1) is 10.5. The predicted octanol–water partition coefficient (Wildman–Crippen LogP) is 2.19. The molecule has 1 aliphatic carbocycles. The molecule has 0 spiro atoms. The zero-order valence-corrected chi connectivity index (χ0v) is 9.45. The molecule has 3 unspecified atom stereocenters. The van der Waals surface area contributed by atoms with Crippen molar-refractivity contribution in [3.63, 3.8) is 0 Å². The van der Waals surface area contributed by atoms with Gasteiger partial charge in [-0.3, -0.25) is 0 Å². The van der Waals surface area contributed by atoms with Crippen molar-refractivity contribution in [1.29, 1.82) is 0 Å². The molecule has 0 bridgehead atoms. The van der Waals surface area contributed by atoms with Crippen molar-refractivity contribution in [2.75, 3.05) is 0 Å². The van der Waals surface area contributed by atoms with Gasteiger partial charge in [-0.25, -0.2) is 0 Å². The molecular formula is C15H15NO. The molecule has 1 aliphatic rings. The normalized spacial score (nSPS) is 26.8. The second-order valence-electron chi connectivity index (χ2n) is 4.54. The second-order valence-corrected chi connectivity index (χ2v) is 4.54. The SMILES string of the molecule is NC1C(O)c2ccccc2C1c1ccccc1. The number of fused-ring (bicyclic) bond motifs is 1. The third-order valence-corrected chi connectivity index (χ3v) is 3.56. The van der Waals surface area contributed by atoms with Crippen LogP contribution < -0.4 is 5.73 Å². The summed E-state index contributed by atoms with van der Waals surface area (Å²) in [7, 11) is 0. The first-order chi connectivity index (χ1) is 8.29. The Hall–Kier alpha value is -1.64. The smallest absolute Gasteiger partial charge is 0.0953 e. The van der Waals surface area contributed by atoms with E-state index in [2.05, 4.69) is 18.2 Å². The van der Waals surface area contributed by atoms with Gasteiger partial charge >= 0.3 is 0 Å². The standard InChI is InChI=1S/C15H15NO/c16-14-13(10-6-2-1-3-7-10)11-8-4-5-9-12(11)15(14)17/h1-9,13-15,17H,16H2. The van der Waals surface area contributed by atoms with Gasteiger partial charge in [0.15, 0.2) is 0 Å². The Kier molecular flexibility index (Phi) is 2.46. The van der Waals surface area contributed by atoms with Crippen LogP contribution in [0.1, 0.15) is 28.7 Å². The minimum Gasteiger partial charge on any atom is -0.387 e. The molecule has 0 radical (unpaired) electrons. The zero-order valence-electron chi connectivity index (χ0n) is 9.45. The Morgan fingerprint density at radius 2 is 1.41 bits per heavy atom. The summed E-state index contributed by atoms with van der Waals surface area (Å²) < 4.78 is 0. The average molecular weight is 225 g/mol. The van der Waals surface area contributed by atoms with E-state index in [-0.39, 0.29) is 12.0 Å². The fourth-order valence-corrected chi connectivity index (χ4v) is 2.72. The number of aliphatic hydroxyl groups is 1. The van der Waals surface area contributed by atoms with Gasteiger partial charge in [-0.15, -0.1) is 0 Å². The number of benzene rings is 2. The highest BCUT2D eigenvalue weighted by Crippen LogP contribution is 2.42. The average Bonchev–Trinajstić information content (AvgIpc) is 2.64. The number of rotatable bonds is 1. The van der Waals surface area contributed by atoms with Gasteiger partial charge in [0, 0.05) is 12.0 Å². The lowest BCUT2D eigenvalue weighted by Crippen LogP contribution is -2.29. The summed E-state index contributed by atoms with van der Waals surface area (Å²) in [6.45, 7) is 0. The summed E-state index contributed by atoms with van der Waals surface area (Å²) in [4.78, 5) is 0. The molecule has 2 aromatic rings. The Labute approximate surface area is 101 Å². The topological polar surface area (TPSA) is 46.2 Å². The molecule has 17 heavy (non-hydrogen) atoms. The van der Waals surface area contributed by atoms with E-state index in [1.165, 1.54) is 5.56 Å². The van der Waals surface area contributed by atoms with Crippen LogP contribution in [0.4, 0.5) is 0 Å². The molecule has 2 nitrogen and oxygen atoms in total. The van der Waals surface area contributed by atoms with Crippen LogP contribution in [-0.4, -0.2) is 11.1 Å². The lowest BCUT2D eigenvalue weighted by Gasteiger charge is -2.18. The van der Waals surface area contributed by atoms with E-state index in [1.807, 2.05) is 36.4 Å². The summed E-state index contributed by atoms with van der Waals surface area (Å²) in [6.07, 6.45) is -0.559. The fraction of sp³-hybridized carbons (Fsp3) is 0.200. The Morgan fingerprint density at radius 1 is 0.824 bits per heavy atom. The maximum Gasteiger partial charge on any atom is 0.0953 e. The van der Waals surface area contributed by atoms with Gasteiger partial charge in [0.2, 0.25) is 0 Å². The van der Waals surface area contributed by atoms with E-state index in [4.69, 9.17) is 5.73 Å². The van der Waals surface area contributed by atoms with Crippen molar-refractivity contribution in [2.45, 2.75) is 18.1 Å². The van der Waals surface area contributed by atoms with Crippen LogP contribution in [0.2, 0.25) is 0 Å². The van der Waals surface area contributed by atoms with E-state index in [0.717, 1.165) is 11.1 Å². The van der Waals surface area contributed by atoms with Crippen LogP contribution in [0.25, 0.3) is 0 Å². The van der Waals surface area contributed by atoms with Crippen molar-refractivity contribution in [2.24, 2.45) is 5.73 Å². The highest BCUT2D eigenvalue weighted by Gasteiger charge is 2.37. The van der Waals surface area contributed by atoms with Crippen LogP contribution in [0, 0.1) is 0 Å². The van der Waals surface area contributed by atoms with Gasteiger partial charge in [-0.2, -0.15) is 0 Å². The largest absolute Gasteiger partial charge is 0.387 e. The van der Waals surface area contributed by atoms with Crippen LogP contribution >= 0.6 is 0 Å². The molecule has 0 saturated heterocycles. The highest BCUT2D eigenvalue weighted by molar-refractivity contribution is 5.46. The fourth-order valence-electron chi connectivity index (χ4n) is 2.72. The van der Waals surface area contributed by atoms with E-state index in [9.17, 15) is 5.11 Å². The molecule has 3 rings (SSSR count). The molecule has 2 heteroatoms. The quantitative estimate of drug-likeness (QED) is 0.781. The van der Waals surface area contributed by atoms with Crippen molar-refractivity contribution in [1.82, 2.24) is 0 Å². The molecule has 0 aromatic heterocycles. The Balaban J connectivity index is 2.13. The number of hydrogen-bond donors (Lipinski definition) is 2. The molecule has 0 amide bonds. The van der Waals surface area contributed by atoms with Gasteiger partial charge in [0.1, 0.15) is 0 Å². The van der Waals surface area contributed by atoms with Crippen molar-refractivity contribution in [3.8, 4) is 0 Å². The molecular weight excluding hydrogens is 210 g/mol. The molecule has 86 valence electrons. The highest BCUT2D eigenvalue weighted by atomic mass is 16.3.